The van der Waals surface area contributed by atoms with E-state index in [-0.39, 0.29) is 10.3 Å². The molecule has 2 aromatic rings. The lowest BCUT2D eigenvalue weighted by molar-refractivity contribution is 0.109. The van der Waals surface area contributed by atoms with Crippen molar-refractivity contribution in [3.05, 3.63) is 47.2 Å². The highest BCUT2D eigenvalue weighted by Crippen LogP contribution is 2.31. The molecule has 0 amide bonds. The number of pyridine rings is 1. The van der Waals surface area contributed by atoms with Gasteiger partial charge in [0.15, 0.2) is 0 Å². The molecule has 0 fully saturated rings. The number of hydrogen-bond acceptors (Lipinski definition) is 3. The molecule has 1 aromatic heterocycles. The van der Waals surface area contributed by atoms with Crippen LogP contribution in [0.1, 0.15) is 10.4 Å². The summed E-state index contributed by atoms with van der Waals surface area (Å²) in [7, 11) is 1.59. The van der Waals surface area contributed by atoms with Crippen LogP contribution in [0.25, 0.3) is 11.1 Å². The van der Waals surface area contributed by atoms with Gasteiger partial charge in [0.1, 0.15) is 10.9 Å². The maximum absolute atomic E-state index is 11.5. The zero-order chi connectivity index (χ0) is 13.1. The average molecular weight is 280 g/mol. The van der Waals surface area contributed by atoms with Gasteiger partial charge in [-0.2, -0.15) is 0 Å². The van der Waals surface area contributed by atoms with E-state index in [1.165, 1.54) is 6.20 Å². The van der Waals surface area contributed by atoms with Gasteiger partial charge in [0, 0.05) is 17.3 Å². The molecule has 18 heavy (non-hydrogen) atoms. The van der Waals surface area contributed by atoms with Gasteiger partial charge in [-0.15, -0.1) is 12.6 Å². The van der Waals surface area contributed by atoms with E-state index < -0.39 is 0 Å². The topological polar surface area (TPSA) is 39.2 Å². The first-order chi connectivity index (χ1) is 8.63. The van der Waals surface area contributed by atoms with Crippen LogP contribution in [-0.2, 0) is 0 Å². The van der Waals surface area contributed by atoms with Crippen molar-refractivity contribution in [2.75, 3.05) is 7.11 Å². The third-order valence-corrected chi connectivity index (χ3v) is 3.04. The summed E-state index contributed by atoms with van der Waals surface area (Å²) in [5, 5.41) is -0.0646. The van der Waals surface area contributed by atoms with Crippen LogP contribution in [-0.4, -0.2) is 17.2 Å². The zero-order valence-electron chi connectivity index (χ0n) is 9.55. The molecule has 0 aliphatic rings. The lowest BCUT2D eigenvalue weighted by Gasteiger charge is -2.09. The first kappa shape index (κ1) is 12.9. The van der Waals surface area contributed by atoms with Crippen LogP contribution in [0.3, 0.4) is 0 Å². The van der Waals surface area contributed by atoms with E-state index in [1.807, 2.05) is 12.1 Å². The molecular weight excluding hydrogens is 270 g/mol. The van der Waals surface area contributed by atoms with Crippen LogP contribution in [0.4, 0.5) is 0 Å². The maximum atomic E-state index is 11.5. The molecule has 2 rings (SSSR count). The van der Waals surface area contributed by atoms with E-state index in [4.69, 9.17) is 16.3 Å². The summed E-state index contributed by atoms with van der Waals surface area (Å²) in [6, 6.07) is 8.83. The van der Waals surface area contributed by atoms with Crippen LogP contribution >= 0.6 is 24.2 Å². The number of halogens is 1. The SMILES string of the molecule is COc1ccc(-c2c(C(=O)S)ccnc2Cl)cc1. The largest absolute Gasteiger partial charge is 0.497 e. The molecule has 0 radical (unpaired) electrons. The van der Waals surface area contributed by atoms with Crippen molar-refractivity contribution in [1.29, 1.82) is 0 Å². The molecule has 0 aliphatic carbocycles. The van der Waals surface area contributed by atoms with Gasteiger partial charge in [-0.25, -0.2) is 4.98 Å². The molecule has 0 saturated heterocycles. The Morgan fingerprint density at radius 3 is 2.50 bits per heavy atom. The smallest absolute Gasteiger partial charge is 0.217 e. The van der Waals surface area contributed by atoms with Crippen molar-refractivity contribution in [1.82, 2.24) is 4.98 Å². The molecular formula is C13H10ClNO2S. The summed E-state index contributed by atoms with van der Waals surface area (Å²) in [5.74, 6) is 0.734. The highest BCUT2D eigenvalue weighted by Gasteiger charge is 2.14. The lowest BCUT2D eigenvalue weighted by Crippen LogP contribution is -1.96. The van der Waals surface area contributed by atoms with Crippen LogP contribution in [0.5, 0.6) is 5.75 Å². The Labute approximate surface area is 115 Å². The van der Waals surface area contributed by atoms with Crippen LogP contribution in [0, 0.1) is 0 Å². The van der Waals surface area contributed by atoms with Gasteiger partial charge in [-0.1, -0.05) is 23.7 Å². The summed E-state index contributed by atoms with van der Waals surface area (Å²) in [5.41, 5.74) is 1.82. The van der Waals surface area contributed by atoms with Gasteiger partial charge >= 0.3 is 0 Å². The third-order valence-electron chi connectivity index (χ3n) is 2.51. The number of ether oxygens (including phenoxy) is 1. The molecule has 0 saturated carbocycles. The minimum atomic E-state index is -0.342. The highest BCUT2D eigenvalue weighted by molar-refractivity contribution is 7.97. The normalized spacial score (nSPS) is 10.2. The molecule has 0 N–H and O–H groups in total. The molecule has 1 heterocycles. The molecule has 0 bridgehead atoms. The van der Waals surface area contributed by atoms with Gasteiger partial charge in [-0.05, 0) is 23.8 Å². The van der Waals surface area contributed by atoms with Crippen LogP contribution in [0.2, 0.25) is 5.15 Å². The average Bonchev–Trinajstić information content (AvgIpc) is 2.38. The molecule has 3 nitrogen and oxygen atoms in total. The zero-order valence-corrected chi connectivity index (χ0v) is 11.2. The number of carbonyl (C=O) groups is 1. The van der Waals surface area contributed by atoms with Crippen molar-refractivity contribution in [3.63, 3.8) is 0 Å². The minimum Gasteiger partial charge on any atom is -0.497 e. The second-order valence-electron chi connectivity index (χ2n) is 3.56. The number of methoxy groups -OCH3 is 1. The fraction of sp³-hybridized carbons (Fsp3) is 0.0769. The van der Waals surface area contributed by atoms with Crippen molar-refractivity contribution < 1.29 is 9.53 Å². The molecule has 92 valence electrons. The van der Waals surface area contributed by atoms with E-state index >= 15 is 0 Å². The Bertz CT molecular complexity index is 584. The number of thiol groups is 1. The summed E-state index contributed by atoms with van der Waals surface area (Å²) in [6.07, 6.45) is 1.48. The van der Waals surface area contributed by atoms with E-state index in [0.717, 1.165) is 11.3 Å². The molecule has 0 unspecified atom stereocenters. The Hall–Kier alpha value is -1.52. The fourth-order valence-corrected chi connectivity index (χ4v) is 2.10. The predicted molar refractivity (Wildman–Crippen MR) is 74.6 cm³/mol. The number of carbonyl (C=O) groups excluding carboxylic acids is 1. The molecule has 5 heteroatoms. The Morgan fingerprint density at radius 1 is 1.28 bits per heavy atom. The van der Waals surface area contributed by atoms with Crippen molar-refractivity contribution in [3.8, 4) is 16.9 Å². The van der Waals surface area contributed by atoms with Gasteiger partial charge in [0.25, 0.3) is 0 Å². The van der Waals surface area contributed by atoms with Gasteiger partial charge in [-0.3, -0.25) is 4.79 Å². The third kappa shape index (κ3) is 2.49. The molecule has 0 aliphatic heterocycles. The van der Waals surface area contributed by atoms with Gasteiger partial charge in [0.05, 0.1) is 7.11 Å². The van der Waals surface area contributed by atoms with Crippen LogP contribution < -0.4 is 4.74 Å². The lowest BCUT2D eigenvalue weighted by atomic mass is 10.0. The van der Waals surface area contributed by atoms with Gasteiger partial charge in [0.2, 0.25) is 5.12 Å². The maximum Gasteiger partial charge on any atom is 0.217 e. The fourth-order valence-electron chi connectivity index (χ4n) is 1.65. The summed E-state index contributed by atoms with van der Waals surface area (Å²) < 4.78 is 5.08. The quantitative estimate of drug-likeness (QED) is 0.691. The molecule has 0 atom stereocenters. The Morgan fingerprint density at radius 2 is 1.94 bits per heavy atom. The summed E-state index contributed by atoms with van der Waals surface area (Å²) in [6.45, 7) is 0. The highest BCUT2D eigenvalue weighted by atomic mass is 35.5. The van der Waals surface area contributed by atoms with Gasteiger partial charge < -0.3 is 4.74 Å². The van der Waals surface area contributed by atoms with Crippen molar-refractivity contribution in [2.24, 2.45) is 0 Å². The summed E-state index contributed by atoms with van der Waals surface area (Å²) in [4.78, 5) is 15.5. The molecule has 1 aromatic carbocycles. The van der Waals surface area contributed by atoms with E-state index in [9.17, 15) is 4.79 Å². The predicted octanol–water partition coefficient (Wildman–Crippen LogP) is 3.48. The van der Waals surface area contributed by atoms with Crippen molar-refractivity contribution >= 4 is 29.3 Å². The van der Waals surface area contributed by atoms with E-state index in [2.05, 4.69) is 17.6 Å². The Kier molecular flexibility index (Phi) is 3.89. The number of nitrogens with zero attached hydrogens (tertiary/aromatic N) is 1. The first-order valence-electron chi connectivity index (χ1n) is 5.15. The van der Waals surface area contributed by atoms with Crippen LogP contribution in [0.15, 0.2) is 36.5 Å². The second-order valence-corrected chi connectivity index (χ2v) is 4.32. The standard InChI is InChI=1S/C13H10ClNO2S/c1-17-9-4-2-8(3-5-9)11-10(13(16)18)6-7-15-12(11)14/h2-7H,1H3,(H,16,18). The summed E-state index contributed by atoms with van der Waals surface area (Å²) >= 11 is 9.90. The molecule has 0 spiro atoms. The van der Waals surface area contributed by atoms with Crippen molar-refractivity contribution in [2.45, 2.75) is 0 Å². The minimum absolute atomic E-state index is 0.278. The van der Waals surface area contributed by atoms with E-state index in [0.29, 0.717) is 11.1 Å². The number of aromatic nitrogens is 1. The number of hydrogen-bond donors (Lipinski definition) is 1. The Balaban J connectivity index is 2.58. The first-order valence-corrected chi connectivity index (χ1v) is 5.98. The second kappa shape index (κ2) is 5.42. The number of rotatable bonds is 3. The number of benzene rings is 1. The van der Waals surface area contributed by atoms with E-state index in [1.54, 1.807) is 25.3 Å². The monoisotopic (exact) mass is 279 g/mol.